The van der Waals surface area contributed by atoms with E-state index in [2.05, 4.69) is 31.0 Å². The van der Waals surface area contributed by atoms with E-state index in [-0.39, 0.29) is 24.4 Å². The lowest BCUT2D eigenvalue weighted by Crippen LogP contribution is -2.40. The number of amidine groups is 1. The number of halogens is 3. The topological polar surface area (TPSA) is 134 Å². The van der Waals surface area contributed by atoms with Crippen molar-refractivity contribution in [1.29, 1.82) is 0 Å². The van der Waals surface area contributed by atoms with Gasteiger partial charge >= 0.3 is 12.2 Å². The molecular weight excluding hydrogens is 435 g/mol. The van der Waals surface area contributed by atoms with E-state index in [0.29, 0.717) is 29.1 Å². The van der Waals surface area contributed by atoms with Crippen molar-refractivity contribution in [2.45, 2.75) is 25.9 Å². The highest BCUT2D eigenvalue weighted by molar-refractivity contribution is 7.10. The molecule has 3 heterocycles. The Kier molecular flexibility index (Phi) is 6.85. The fourth-order valence-corrected chi connectivity index (χ4v) is 4.01. The van der Waals surface area contributed by atoms with Crippen molar-refractivity contribution < 1.29 is 22.8 Å². The number of nitrogens with zero attached hydrogens (tertiary/aromatic N) is 3. The minimum Gasteiger partial charge on any atom is -0.338 e. The predicted octanol–water partition coefficient (Wildman–Crippen LogP) is 2.00. The summed E-state index contributed by atoms with van der Waals surface area (Å²) in [6.07, 6.45) is -1.24. The number of amides is 3. The molecular formula is C18H20F3N7O2S. The number of nitrogens with one attached hydrogen (secondary N) is 3. The third-order valence-electron chi connectivity index (χ3n) is 4.59. The molecule has 0 saturated carbocycles. The zero-order valence-corrected chi connectivity index (χ0v) is 17.2. The summed E-state index contributed by atoms with van der Waals surface area (Å²) in [5.41, 5.74) is 2.85. The van der Waals surface area contributed by atoms with Crippen LogP contribution in [-0.2, 0) is 11.0 Å². The van der Waals surface area contributed by atoms with Crippen molar-refractivity contribution >= 4 is 40.9 Å². The maximum absolute atomic E-state index is 13.1. The Hall–Kier alpha value is -3.06. The molecule has 3 rings (SSSR count). The molecule has 31 heavy (non-hydrogen) atoms. The summed E-state index contributed by atoms with van der Waals surface area (Å²) < 4.78 is 39.3. The summed E-state index contributed by atoms with van der Waals surface area (Å²) in [4.78, 5) is 36.0. The van der Waals surface area contributed by atoms with Crippen LogP contribution in [0.5, 0.6) is 0 Å². The van der Waals surface area contributed by atoms with Crippen LogP contribution in [-0.4, -0.2) is 42.1 Å². The first-order valence-electron chi connectivity index (χ1n) is 9.29. The summed E-state index contributed by atoms with van der Waals surface area (Å²) in [5, 5.41) is 6.30. The molecule has 5 N–H and O–H groups in total. The highest BCUT2D eigenvalue weighted by atomic mass is 32.1. The van der Waals surface area contributed by atoms with E-state index < -0.39 is 29.7 Å². The van der Waals surface area contributed by atoms with Crippen molar-refractivity contribution in [3.05, 3.63) is 33.4 Å². The number of urea groups is 1. The third kappa shape index (κ3) is 5.35. The van der Waals surface area contributed by atoms with Gasteiger partial charge in [0, 0.05) is 36.3 Å². The van der Waals surface area contributed by atoms with Crippen LogP contribution in [0.3, 0.4) is 0 Å². The van der Waals surface area contributed by atoms with Gasteiger partial charge in [-0.25, -0.2) is 15.6 Å². The molecule has 0 aliphatic carbocycles. The Morgan fingerprint density at radius 2 is 2.10 bits per heavy atom. The number of hydrogen-bond acceptors (Lipinski definition) is 7. The average Bonchev–Trinajstić information content (AvgIpc) is 3.24. The van der Waals surface area contributed by atoms with E-state index in [1.807, 2.05) is 0 Å². The zero-order chi connectivity index (χ0) is 22.6. The Morgan fingerprint density at radius 3 is 2.74 bits per heavy atom. The van der Waals surface area contributed by atoms with Crippen molar-refractivity contribution in [3.63, 3.8) is 0 Å². The van der Waals surface area contributed by atoms with Crippen LogP contribution >= 0.6 is 11.3 Å². The first-order chi connectivity index (χ1) is 14.7. The maximum atomic E-state index is 13.1. The van der Waals surface area contributed by atoms with Gasteiger partial charge in [-0.1, -0.05) is 0 Å². The lowest BCUT2D eigenvalue weighted by molar-refractivity contribution is -0.140. The van der Waals surface area contributed by atoms with Gasteiger partial charge in [0.2, 0.25) is 5.91 Å². The fourth-order valence-electron chi connectivity index (χ4n) is 3.11. The van der Waals surface area contributed by atoms with E-state index in [4.69, 9.17) is 5.84 Å². The molecule has 0 spiro atoms. The minimum atomic E-state index is -4.57. The summed E-state index contributed by atoms with van der Waals surface area (Å²) >= 11 is 0.856. The molecule has 1 atom stereocenters. The van der Waals surface area contributed by atoms with E-state index >= 15 is 0 Å². The van der Waals surface area contributed by atoms with Crippen molar-refractivity contribution in [2.24, 2.45) is 21.7 Å². The minimum absolute atomic E-state index is 0.0755. The molecule has 13 heteroatoms. The van der Waals surface area contributed by atoms with E-state index in [9.17, 15) is 22.8 Å². The molecule has 2 aliphatic rings. The highest BCUT2D eigenvalue weighted by Crippen LogP contribution is 2.38. The van der Waals surface area contributed by atoms with Gasteiger partial charge < -0.3 is 5.32 Å². The normalized spacial score (nSPS) is 18.9. The largest absolute Gasteiger partial charge is 0.434 e. The molecule has 9 nitrogen and oxygen atoms in total. The van der Waals surface area contributed by atoms with Gasteiger partial charge in [0.15, 0.2) is 5.69 Å². The van der Waals surface area contributed by atoms with Gasteiger partial charge in [0.05, 0.1) is 12.5 Å². The fraction of sp³-hybridized carbons (Fsp3) is 0.389. The summed E-state index contributed by atoms with van der Waals surface area (Å²) in [6.45, 7) is 2.25. The lowest BCUT2D eigenvalue weighted by Gasteiger charge is -2.24. The second-order valence-electron chi connectivity index (χ2n) is 6.69. The number of rotatable bonds is 4. The van der Waals surface area contributed by atoms with Gasteiger partial charge in [-0.3, -0.25) is 25.5 Å². The molecule has 0 fully saturated rings. The SMILES string of the molecule is CCNC(=O)NC1=NCC(C2=CN=CC(C(=O)NN)C2)=C(c2nc(C(F)(F)F)cs2)C1. The molecule has 166 valence electrons. The first kappa shape index (κ1) is 22.6. The van der Waals surface area contributed by atoms with Gasteiger partial charge in [-0.2, -0.15) is 13.2 Å². The number of alkyl halides is 3. The number of carbonyl (C=O) groups excluding carboxylic acids is 2. The molecule has 1 aromatic rings. The summed E-state index contributed by atoms with van der Waals surface area (Å²) in [5.74, 6) is 4.47. The van der Waals surface area contributed by atoms with Crippen LogP contribution in [0, 0.1) is 5.92 Å². The number of carbonyl (C=O) groups is 2. The highest BCUT2D eigenvalue weighted by Gasteiger charge is 2.35. The van der Waals surface area contributed by atoms with Gasteiger partial charge in [-0.05, 0) is 24.5 Å². The average molecular weight is 455 g/mol. The van der Waals surface area contributed by atoms with Gasteiger partial charge in [0.25, 0.3) is 0 Å². The van der Waals surface area contributed by atoms with E-state index in [1.54, 1.807) is 13.1 Å². The van der Waals surface area contributed by atoms with Crippen molar-refractivity contribution in [3.8, 4) is 0 Å². The molecule has 0 bridgehead atoms. The molecule has 0 aromatic carbocycles. The molecule has 3 amide bonds. The molecule has 2 aliphatic heterocycles. The van der Waals surface area contributed by atoms with Crippen molar-refractivity contribution in [1.82, 2.24) is 21.0 Å². The number of hydrazine groups is 1. The number of aromatic nitrogens is 1. The molecule has 1 aromatic heterocycles. The maximum Gasteiger partial charge on any atom is 0.434 e. The number of dihydropyridines is 1. The quantitative estimate of drug-likeness (QED) is 0.314. The molecule has 0 radical (unpaired) electrons. The smallest absolute Gasteiger partial charge is 0.338 e. The standard InChI is InChI=1S/C18H20F3N7O2S/c1-2-24-17(30)27-14-4-11(16-26-13(8-31-16)18(19,20)21)12(7-25-14)9-3-10(6-23-5-9)15(29)28-22/h5-6,8,10H,2-4,7,22H2,1H3,(H,28,29)(H2,24,25,27,30). The number of nitrogens with two attached hydrogens (primary N) is 1. The second-order valence-corrected chi connectivity index (χ2v) is 7.55. The van der Waals surface area contributed by atoms with Crippen LogP contribution in [0.15, 0.2) is 32.7 Å². The number of aliphatic imine (C=N–C) groups is 2. The van der Waals surface area contributed by atoms with Crippen LogP contribution in [0.4, 0.5) is 18.0 Å². The van der Waals surface area contributed by atoms with Crippen LogP contribution in [0.2, 0.25) is 0 Å². The Morgan fingerprint density at radius 1 is 1.32 bits per heavy atom. The van der Waals surface area contributed by atoms with Gasteiger partial charge in [-0.15, -0.1) is 11.3 Å². The third-order valence-corrected chi connectivity index (χ3v) is 5.49. The Bertz CT molecular complexity index is 995. The van der Waals surface area contributed by atoms with Crippen molar-refractivity contribution in [2.75, 3.05) is 13.1 Å². The summed E-state index contributed by atoms with van der Waals surface area (Å²) in [7, 11) is 0. The van der Waals surface area contributed by atoms with Crippen LogP contribution < -0.4 is 21.9 Å². The van der Waals surface area contributed by atoms with Crippen LogP contribution in [0.1, 0.15) is 30.5 Å². The van der Waals surface area contributed by atoms with Gasteiger partial charge in [0.1, 0.15) is 10.8 Å². The summed E-state index contributed by atoms with van der Waals surface area (Å²) in [6, 6.07) is -0.458. The first-order valence-corrected chi connectivity index (χ1v) is 10.2. The lowest BCUT2D eigenvalue weighted by atomic mass is 9.88. The Labute approximate surface area is 179 Å². The second kappa shape index (κ2) is 9.39. The monoisotopic (exact) mass is 455 g/mol. The molecule has 0 saturated heterocycles. The van der Waals surface area contributed by atoms with E-state index in [0.717, 1.165) is 16.7 Å². The molecule has 1 unspecified atom stereocenters. The number of hydrogen-bond donors (Lipinski definition) is 4. The Balaban J connectivity index is 1.95. The number of thiazole rings is 1. The van der Waals surface area contributed by atoms with E-state index in [1.165, 1.54) is 6.21 Å². The predicted molar refractivity (Wildman–Crippen MR) is 110 cm³/mol. The van der Waals surface area contributed by atoms with Crippen LogP contribution in [0.25, 0.3) is 5.57 Å². The zero-order valence-electron chi connectivity index (χ0n) is 16.4.